The van der Waals surface area contributed by atoms with Gasteiger partial charge in [0.05, 0.1) is 0 Å². The minimum atomic E-state index is -1.31. The standard InChI is InChI=1S/C3H10N2.C3H4O4.Pt/c1-3(5)2-4;4-2(5)1-3(6)7;/h3H,2,4-5H2,1H3;1H2,(H,4,5)(H,6,7);. The van der Waals surface area contributed by atoms with Crippen molar-refractivity contribution in [2.24, 2.45) is 11.5 Å². The SMILES string of the molecule is CC(N)CN.O=C(O)CC(=O)O.[Pt]. The molecule has 6 N–H and O–H groups in total. The van der Waals surface area contributed by atoms with Crippen LogP contribution in [0.25, 0.3) is 0 Å². The molecule has 6 nitrogen and oxygen atoms in total. The van der Waals surface area contributed by atoms with Gasteiger partial charge < -0.3 is 21.7 Å². The molecule has 0 saturated heterocycles. The first-order chi connectivity index (χ1) is 5.40. The van der Waals surface area contributed by atoms with Gasteiger partial charge in [0.25, 0.3) is 0 Å². The monoisotopic (exact) mass is 373 g/mol. The zero-order valence-electron chi connectivity index (χ0n) is 7.17. The van der Waals surface area contributed by atoms with Crippen molar-refractivity contribution >= 4 is 11.9 Å². The van der Waals surface area contributed by atoms with E-state index in [9.17, 15) is 9.59 Å². The van der Waals surface area contributed by atoms with Crippen molar-refractivity contribution < 1.29 is 40.9 Å². The van der Waals surface area contributed by atoms with Gasteiger partial charge in [-0.05, 0) is 6.92 Å². The number of nitrogens with two attached hydrogens (primary N) is 2. The molecular weight excluding hydrogens is 359 g/mol. The van der Waals surface area contributed by atoms with Gasteiger partial charge in [0, 0.05) is 33.7 Å². The largest absolute Gasteiger partial charge is 0.481 e. The first kappa shape index (κ1) is 18.4. The van der Waals surface area contributed by atoms with Gasteiger partial charge in [-0.2, -0.15) is 0 Å². The Labute approximate surface area is 90.5 Å². The summed E-state index contributed by atoms with van der Waals surface area (Å²) in [6, 6.07) is 0.162. The molecule has 0 aliphatic heterocycles. The van der Waals surface area contributed by atoms with Crippen LogP contribution < -0.4 is 11.5 Å². The third-order valence-electron chi connectivity index (χ3n) is 0.674. The van der Waals surface area contributed by atoms with E-state index in [0.717, 1.165) is 0 Å². The van der Waals surface area contributed by atoms with E-state index in [2.05, 4.69) is 0 Å². The maximum absolute atomic E-state index is 9.43. The fourth-order valence-electron chi connectivity index (χ4n) is 0.129. The maximum Gasteiger partial charge on any atom is 0.314 e. The second-order valence-corrected chi connectivity index (χ2v) is 2.18. The van der Waals surface area contributed by atoms with E-state index in [1.165, 1.54) is 0 Å². The Morgan fingerprint density at radius 3 is 1.54 bits per heavy atom. The molecule has 82 valence electrons. The Morgan fingerprint density at radius 2 is 1.54 bits per heavy atom. The summed E-state index contributed by atoms with van der Waals surface area (Å²) in [5.74, 6) is -2.62. The van der Waals surface area contributed by atoms with Gasteiger partial charge in [-0.25, -0.2) is 0 Å². The van der Waals surface area contributed by atoms with E-state index in [4.69, 9.17) is 21.7 Å². The molecule has 0 spiro atoms. The minimum Gasteiger partial charge on any atom is -0.481 e. The summed E-state index contributed by atoms with van der Waals surface area (Å²) in [6.45, 7) is 2.46. The second-order valence-electron chi connectivity index (χ2n) is 2.18. The van der Waals surface area contributed by atoms with Crippen LogP contribution in [0.3, 0.4) is 0 Å². The summed E-state index contributed by atoms with van der Waals surface area (Å²) in [6.07, 6.45) is -0.806. The molecule has 0 aliphatic rings. The molecule has 7 heteroatoms. The first-order valence-corrected chi connectivity index (χ1v) is 3.29. The smallest absolute Gasteiger partial charge is 0.314 e. The van der Waals surface area contributed by atoms with Crippen molar-refractivity contribution in [2.75, 3.05) is 6.54 Å². The van der Waals surface area contributed by atoms with Crippen LogP contribution in [0.2, 0.25) is 0 Å². The average molecular weight is 373 g/mol. The van der Waals surface area contributed by atoms with Crippen molar-refractivity contribution in [3.63, 3.8) is 0 Å². The molecule has 0 aromatic carbocycles. The quantitative estimate of drug-likeness (QED) is 0.462. The molecule has 0 rings (SSSR count). The van der Waals surface area contributed by atoms with Crippen LogP contribution in [-0.2, 0) is 30.7 Å². The Bertz CT molecular complexity index is 140. The Hall–Kier alpha value is -0.452. The molecule has 0 bridgehead atoms. The summed E-state index contributed by atoms with van der Waals surface area (Å²) in [5.41, 5.74) is 10.2. The number of carboxylic acid groups (broad SMARTS) is 2. The number of carboxylic acids is 2. The van der Waals surface area contributed by atoms with Gasteiger partial charge in [0.1, 0.15) is 6.42 Å². The van der Waals surface area contributed by atoms with E-state index in [1.807, 2.05) is 6.92 Å². The molecule has 1 atom stereocenters. The zero-order valence-corrected chi connectivity index (χ0v) is 9.45. The second kappa shape index (κ2) is 11.5. The molecule has 0 aromatic heterocycles. The third kappa shape index (κ3) is 34.2. The summed E-state index contributed by atoms with van der Waals surface area (Å²) >= 11 is 0. The van der Waals surface area contributed by atoms with Crippen LogP contribution in [-0.4, -0.2) is 34.7 Å². The number of carbonyl (C=O) groups is 2. The number of rotatable bonds is 3. The predicted molar refractivity (Wildman–Crippen MR) is 42.6 cm³/mol. The summed E-state index contributed by atoms with van der Waals surface area (Å²) in [5, 5.41) is 15.4. The Balaban J connectivity index is -0.000000150. The van der Waals surface area contributed by atoms with Crippen LogP contribution in [0.4, 0.5) is 0 Å². The van der Waals surface area contributed by atoms with Crippen LogP contribution in [0.5, 0.6) is 0 Å². The van der Waals surface area contributed by atoms with Crippen LogP contribution in [0.1, 0.15) is 13.3 Å². The summed E-state index contributed by atoms with van der Waals surface area (Å²) < 4.78 is 0. The topological polar surface area (TPSA) is 127 Å². The van der Waals surface area contributed by atoms with E-state index >= 15 is 0 Å². The fourth-order valence-corrected chi connectivity index (χ4v) is 0.129. The molecule has 0 heterocycles. The summed E-state index contributed by atoms with van der Waals surface area (Å²) in [4.78, 5) is 18.9. The third-order valence-corrected chi connectivity index (χ3v) is 0.674. The molecule has 0 radical (unpaired) electrons. The number of aliphatic carboxylic acids is 2. The summed E-state index contributed by atoms with van der Waals surface area (Å²) in [7, 11) is 0. The minimum absolute atomic E-state index is 0. The number of hydrogen-bond donors (Lipinski definition) is 4. The van der Waals surface area contributed by atoms with Gasteiger partial charge in [0.15, 0.2) is 0 Å². The molecule has 0 aromatic rings. The van der Waals surface area contributed by atoms with Gasteiger partial charge in [-0.3, -0.25) is 9.59 Å². The van der Waals surface area contributed by atoms with Crippen LogP contribution in [0.15, 0.2) is 0 Å². The molecule has 0 fully saturated rings. The molecule has 0 aliphatic carbocycles. The fraction of sp³-hybridized carbons (Fsp3) is 0.667. The van der Waals surface area contributed by atoms with E-state index < -0.39 is 18.4 Å². The van der Waals surface area contributed by atoms with Gasteiger partial charge >= 0.3 is 11.9 Å². The predicted octanol–water partition coefficient (Wildman–Crippen LogP) is -1.16. The maximum atomic E-state index is 9.43. The normalized spacial score (nSPS) is 10.1. The van der Waals surface area contributed by atoms with E-state index in [1.54, 1.807) is 0 Å². The van der Waals surface area contributed by atoms with Crippen molar-refractivity contribution in [1.29, 1.82) is 0 Å². The van der Waals surface area contributed by atoms with E-state index in [0.29, 0.717) is 6.54 Å². The molecule has 13 heavy (non-hydrogen) atoms. The van der Waals surface area contributed by atoms with Gasteiger partial charge in [-0.1, -0.05) is 0 Å². The van der Waals surface area contributed by atoms with Crippen molar-refractivity contribution in [1.82, 2.24) is 0 Å². The van der Waals surface area contributed by atoms with Crippen LogP contribution >= 0.6 is 0 Å². The van der Waals surface area contributed by atoms with Gasteiger partial charge in [0.2, 0.25) is 0 Å². The van der Waals surface area contributed by atoms with Crippen LogP contribution in [0, 0.1) is 0 Å². The van der Waals surface area contributed by atoms with E-state index in [-0.39, 0.29) is 27.1 Å². The molecule has 0 saturated carbocycles. The number of hydrogen-bond acceptors (Lipinski definition) is 4. The Kier molecular flexibility index (Phi) is 16.3. The molecule has 0 amide bonds. The van der Waals surface area contributed by atoms with Crippen molar-refractivity contribution in [2.45, 2.75) is 19.4 Å². The van der Waals surface area contributed by atoms with Gasteiger partial charge in [-0.15, -0.1) is 0 Å². The molecular formula is C6H14N2O4Pt. The molecule has 1 unspecified atom stereocenters. The Morgan fingerprint density at radius 1 is 1.31 bits per heavy atom. The zero-order chi connectivity index (χ0) is 10.1. The first-order valence-electron chi connectivity index (χ1n) is 3.29. The average Bonchev–Trinajstić information content (AvgIpc) is 1.85. The van der Waals surface area contributed by atoms with Crippen molar-refractivity contribution in [3.05, 3.63) is 0 Å². The van der Waals surface area contributed by atoms with Crippen molar-refractivity contribution in [3.8, 4) is 0 Å².